The fourth-order valence-corrected chi connectivity index (χ4v) is 3.68. The van der Waals surface area contributed by atoms with Crippen LogP contribution in [-0.2, 0) is 14.3 Å². The van der Waals surface area contributed by atoms with Gasteiger partial charge in [0.05, 0.1) is 17.9 Å². The summed E-state index contributed by atoms with van der Waals surface area (Å²) >= 11 is 0. The van der Waals surface area contributed by atoms with Crippen molar-refractivity contribution in [3.05, 3.63) is 0 Å². The van der Waals surface area contributed by atoms with Crippen LogP contribution in [0.3, 0.4) is 0 Å². The van der Waals surface area contributed by atoms with Gasteiger partial charge in [-0.25, -0.2) is 0 Å². The van der Waals surface area contributed by atoms with Gasteiger partial charge in [0.25, 0.3) is 0 Å². The molecule has 3 aliphatic carbocycles. The normalized spacial score (nSPS) is 38.2. The summed E-state index contributed by atoms with van der Waals surface area (Å²) in [6.07, 6.45) is 5.10. The van der Waals surface area contributed by atoms with E-state index in [9.17, 15) is 9.59 Å². The van der Waals surface area contributed by atoms with Gasteiger partial charge in [-0.3, -0.25) is 9.59 Å². The van der Waals surface area contributed by atoms with Crippen LogP contribution in [0.15, 0.2) is 0 Å². The van der Waals surface area contributed by atoms with Gasteiger partial charge in [-0.1, -0.05) is 6.42 Å². The fourth-order valence-electron chi connectivity index (χ4n) is 3.68. The summed E-state index contributed by atoms with van der Waals surface area (Å²) in [6.45, 7) is 2.72. The molecular weight excluding hydrogens is 246 g/mol. The van der Waals surface area contributed by atoms with Crippen molar-refractivity contribution < 1.29 is 19.4 Å². The van der Waals surface area contributed by atoms with E-state index in [1.807, 2.05) is 6.92 Å². The highest BCUT2D eigenvalue weighted by atomic mass is 16.5. The van der Waals surface area contributed by atoms with Crippen LogP contribution in [0, 0.1) is 17.3 Å². The molecule has 3 aliphatic rings. The molecule has 2 N–H and O–H groups in total. The lowest BCUT2D eigenvalue weighted by molar-refractivity contribution is -0.176. The summed E-state index contributed by atoms with van der Waals surface area (Å²) in [4.78, 5) is 22.8. The van der Waals surface area contributed by atoms with Gasteiger partial charge in [-0.05, 0) is 32.6 Å². The number of carboxylic acid groups (broad SMARTS) is 1. The third-order valence-corrected chi connectivity index (χ3v) is 5.20. The smallest absolute Gasteiger partial charge is 0.307 e. The summed E-state index contributed by atoms with van der Waals surface area (Å²) in [5, 5.41) is 11.9. The Hall–Kier alpha value is -1.10. The van der Waals surface area contributed by atoms with E-state index in [1.165, 1.54) is 6.42 Å². The van der Waals surface area contributed by atoms with Crippen molar-refractivity contribution in [3.8, 4) is 0 Å². The first-order chi connectivity index (χ1) is 9.08. The Morgan fingerprint density at radius 1 is 1.32 bits per heavy atom. The van der Waals surface area contributed by atoms with E-state index in [1.54, 1.807) is 0 Å². The second-order valence-electron chi connectivity index (χ2n) is 6.11. The van der Waals surface area contributed by atoms with Crippen molar-refractivity contribution in [2.45, 2.75) is 51.2 Å². The van der Waals surface area contributed by atoms with Gasteiger partial charge in [0.2, 0.25) is 5.91 Å². The Morgan fingerprint density at radius 2 is 2.05 bits per heavy atom. The zero-order valence-corrected chi connectivity index (χ0v) is 11.2. The summed E-state index contributed by atoms with van der Waals surface area (Å²) in [5.41, 5.74) is 0.152. The number of rotatable bonds is 5. The van der Waals surface area contributed by atoms with E-state index in [0.29, 0.717) is 6.42 Å². The number of hydrogen-bond acceptors (Lipinski definition) is 3. The monoisotopic (exact) mass is 267 g/mol. The van der Waals surface area contributed by atoms with Crippen LogP contribution >= 0.6 is 0 Å². The maximum Gasteiger partial charge on any atom is 0.307 e. The molecule has 19 heavy (non-hydrogen) atoms. The van der Waals surface area contributed by atoms with Crippen LogP contribution < -0.4 is 5.32 Å². The molecule has 1 spiro atoms. The van der Waals surface area contributed by atoms with Gasteiger partial charge in [0, 0.05) is 18.1 Å². The van der Waals surface area contributed by atoms with E-state index < -0.39 is 11.9 Å². The highest BCUT2D eigenvalue weighted by Crippen LogP contribution is 2.57. The number of amides is 1. The summed E-state index contributed by atoms with van der Waals surface area (Å²) in [5.74, 6) is -1.68. The number of nitrogens with one attached hydrogen (secondary N) is 1. The Bertz CT molecular complexity index is 404. The number of carboxylic acids is 1. The molecule has 5 nitrogen and oxygen atoms in total. The van der Waals surface area contributed by atoms with Crippen molar-refractivity contribution >= 4 is 11.9 Å². The molecule has 0 aliphatic heterocycles. The lowest BCUT2D eigenvalue weighted by Crippen LogP contribution is -2.67. The largest absolute Gasteiger partial charge is 0.481 e. The molecule has 0 bridgehead atoms. The summed E-state index contributed by atoms with van der Waals surface area (Å²) in [6, 6.07) is 0.195. The molecule has 0 radical (unpaired) electrons. The van der Waals surface area contributed by atoms with Gasteiger partial charge >= 0.3 is 5.97 Å². The lowest BCUT2D eigenvalue weighted by Gasteiger charge is -2.61. The maximum atomic E-state index is 12.0. The zero-order valence-electron chi connectivity index (χ0n) is 11.2. The van der Waals surface area contributed by atoms with Crippen molar-refractivity contribution in [1.82, 2.24) is 5.32 Å². The molecule has 5 heteroatoms. The predicted molar refractivity (Wildman–Crippen MR) is 67.5 cm³/mol. The van der Waals surface area contributed by atoms with Crippen molar-refractivity contribution in [1.29, 1.82) is 0 Å². The first kappa shape index (κ1) is 12.9. The molecule has 0 aromatic carbocycles. The number of carbonyl (C=O) groups excluding carboxylic acids is 1. The number of aliphatic carboxylic acids is 1. The minimum atomic E-state index is -0.848. The Morgan fingerprint density at radius 3 is 2.53 bits per heavy atom. The quantitative estimate of drug-likeness (QED) is 0.784. The molecule has 0 aromatic rings. The van der Waals surface area contributed by atoms with Crippen molar-refractivity contribution in [2.24, 2.45) is 17.3 Å². The maximum absolute atomic E-state index is 12.0. The van der Waals surface area contributed by atoms with Crippen molar-refractivity contribution in [2.75, 3.05) is 6.61 Å². The first-order valence-electron chi connectivity index (χ1n) is 7.23. The lowest BCUT2D eigenvalue weighted by atomic mass is 9.51. The number of hydrogen-bond donors (Lipinski definition) is 2. The molecule has 0 saturated heterocycles. The third kappa shape index (κ3) is 1.95. The molecule has 3 saturated carbocycles. The van der Waals surface area contributed by atoms with Crippen LogP contribution in [0.4, 0.5) is 0 Å². The van der Waals surface area contributed by atoms with Crippen molar-refractivity contribution in [3.63, 3.8) is 0 Å². The van der Waals surface area contributed by atoms with Gasteiger partial charge in [0.1, 0.15) is 0 Å². The van der Waals surface area contributed by atoms with Gasteiger partial charge in [-0.2, -0.15) is 0 Å². The van der Waals surface area contributed by atoms with E-state index in [-0.39, 0.29) is 29.4 Å². The Labute approximate surface area is 112 Å². The zero-order chi connectivity index (χ0) is 13.6. The van der Waals surface area contributed by atoms with Crippen LogP contribution in [0.1, 0.15) is 39.0 Å². The van der Waals surface area contributed by atoms with E-state index in [0.717, 1.165) is 25.9 Å². The predicted octanol–water partition coefficient (Wildman–Crippen LogP) is 1.17. The molecule has 4 atom stereocenters. The topological polar surface area (TPSA) is 75.6 Å². The van der Waals surface area contributed by atoms with Gasteiger partial charge < -0.3 is 15.2 Å². The van der Waals surface area contributed by atoms with Gasteiger partial charge in [-0.15, -0.1) is 0 Å². The third-order valence-electron chi connectivity index (χ3n) is 5.20. The highest BCUT2D eigenvalue weighted by molar-refractivity contribution is 5.89. The summed E-state index contributed by atoms with van der Waals surface area (Å²) in [7, 11) is 0. The second-order valence-corrected chi connectivity index (χ2v) is 6.11. The fraction of sp³-hybridized carbons (Fsp3) is 0.857. The Kier molecular flexibility index (Phi) is 3.04. The average molecular weight is 267 g/mol. The molecular formula is C14H21NO4. The van der Waals surface area contributed by atoms with Crippen LogP contribution in [0.25, 0.3) is 0 Å². The minimum absolute atomic E-state index is 0.0707. The molecule has 0 aromatic heterocycles. The molecule has 3 rings (SSSR count). The SMILES string of the molecule is CCO[C@@H]1C[C@H](NC(=O)[C@H]2C[C@H]2C(=O)O)C12CCC2. The van der Waals surface area contributed by atoms with Gasteiger partial charge in [0.15, 0.2) is 0 Å². The Balaban J connectivity index is 1.54. The van der Waals surface area contributed by atoms with Crippen LogP contribution in [0.2, 0.25) is 0 Å². The number of carbonyl (C=O) groups is 2. The van der Waals surface area contributed by atoms with Crippen LogP contribution in [0.5, 0.6) is 0 Å². The van der Waals surface area contributed by atoms with Crippen LogP contribution in [-0.4, -0.2) is 35.7 Å². The number of ether oxygens (including phenoxy) is 1. The average Bonchev–Trinajstić information content (AvgIpc) is 3.04. The van der Waals surface area contributed by atoms with E-state index in [4.69, 9.17) is 9.84 Å². The van der Waals surface area contributed by atoms with E-state index in [2.05, 4.69) is 5.32 Å². The first-order valence-corrected chi connectivity index (χ1v) is 7.23. The molecule has 0 heterocycles. The molecule has 3 fully saturated rings. The molecule has 0 unspecified atom stereocenters. The molecule has 106 valence electrons. The van der Waals surface area contributed by atoms with E-state index >= 15 is 0 Å². The standard InChI is InChI=1S/C14H21NO4/c1-2-19-11-7-10(14(11)4-3-5-14)15-12(16)8-6-9(8)13(17)18/h8-11H,2-7H2,1H3,(H,15,16)(H,17,18)/t8-,9+,10-,11+/m0/s1. The summed E-state index contributed by atoms with van der Waals surface area (Å²) < 4.78 is 5.74. The minimum Gasteiger partial charge on any atom is -0.481 e. The molecule has 1 amide bonds. The highest BCUT2D eigenvalue weighted by Gasteiger charge is 2.60. The second kappa shape index (κ2) is 4.47.